The molecule has 7 heteroatoms. The molecule has 0 atom stereocenters. The molecule has 0 radical (unpaired) electrons. The molecule has 1 N–H and O–H groups in total. The first kappa shape index (κ1) is 18.6. The number of rotatable bonds is 6. The van der Waals surface area contributed by atoms with E-state index < -0.39 is 11.4 Å². The van der Waals surface area contributed by atoms with Gasteiger partial charge in [0.25, 0.3) is 0 Å². The number of benzene rings is 1. The van der Waals surface area contributed by atoms with Gasteiger partial charge >= 0.3 is 5.97 Å². The highest BCUT2D eigenvalue weighted by molar-refractivity contribution is 5.81. The van der Waals surface area contributed by atoms with Crippen LogP contribution in [0.25, 0.3) is 11.3 Å². The fraction of sp³-hybridized carbons (Fsp3) is 0.389. The number of nitrogens with zero attached hydrogens (tertiary/aromatic N) is 1. The summed E-state index contributed by atoms with van der Waals surface area (Å²) in [5.41, 5.74) is 0.176. The van der Waals surface area contributed by atoms with E-state index in [9.17, 15) is 14.0 Å². The van der Waals surface area contributed by atoms with Crippen molar-refractivity contribution in [2.75, 3.05) is 6.54 Å². The van der Waals surface area contributed by atoms with Gasteiger partial charge in [0.1, 0.15) is 5.82 Å². The standard InChI is InChI=1S/C18H21FN2O4/c1-18(2,3)17(23)20-9-8-16(22)24-11-15-21-10-14(25-15)12-4-6-13(19)7-5-12/h4-7,10H,8-9,11H2,1-3H3,(H,20,23). The molecule has 0 aliphatic rings. The first-order chi connectivity index (χ1) is 11.8. The third-order valence-electron chi connectivity index (χ3n) is 3.33. The number of esters is 1. The van der Waals surface area contributed by atoms with Crippen molar-refractivity contribution in [1.82, 2.24) is 10.3 Å². The highest BCUT2D eigenvalue weighted by atomic mass is 19.1. The predicted molar refractivity (Wildman–Crippen MR) is 88.8 cm³/mol. The number of carbonyl (C=O) groups is 2. The molecule has 0 unspecified atom stereocenters. The molecule has 25 heavy (non-hydrogen) atoms. The lowest BCUT2D eigenvalue weighted by Gasteiger charge is -2.17. The van der Waals surface area contributed by atoms with Gasteiger partial charge < -0.3 is 14.5 Å². The molecule has 0 bridgehead atoms. The quantitative estimate of drug-likeness (QED) is 0.812. The number of ether oxygens (including phenoxy) is 1. The van der Waals surface area contributed by atoms with Crippen LogP contribution in [0.4, 0.5) is 4.39 Å². The predicted octanol–water partition coefficient (Wildman–Crippen LogP) is 3.08. The lowest BCUT2D eigenvalue weighted by Crippen LogP contribution is -2.36. The molecule has 2 aromatic rings. The minimum absolute atomic E-state index is 0.0628. The van der Waals surface area contributed by atoms with Gasteiger partial charge in [-0.15, -0.1) is 0 Å². The van der Waals surface area contributed by atoms with Crippen LogP contribution in [0.1, 0.15) is 33.1 Å². The van der Waals surface area contributed by atoms with E-state index in [4.69, 9.17) is 9.15 Å². The van der Waals surface area contributed by atoms with Crippen molar-refractivity contribution in [3.8, 4) is 11.3 Å². The van der Waals surface area contributed by atoms with Gasteiger partial charge in [0.2, 0.25) is 11.8 Å². The number of aromatic nitrogens is 1. The Morgan fingerprint density at radius 3 is 2.56 bits per heavy atom. The first-order valence-corrected chi connectivity index (χ1v) is 7.90. The first-order valence-electron chi connectivity index (χ1n) is 7.90. The summed E-state index contributed by atoms with van der Waals surface area (Å²) in [4.78, 5) is 27.4. The van der Waals surface area contributed by atoms with Gasteiger partial charge in [0.05, 0.1) is 12.6 Å². The third-order valence-corrected chi connectivity index (χ3v) is 3.33. The van der Waals surface area contributed by atoms with Crippen LogP contribution < -0.4 is 5.32 Å². The van der Waals surface area contributed by atoms with Crippen molar-refractivity contribution >= 4 is 11.9 Å². The average Bonchev–Trinajstić information content (AvgIpc) is 3.01. The molecular weight excluding hydrogens is 327 g/mol. The summed E-state index contributed by atoms with van der Waals surface area (Å²) in [6.45, 7) is 5.49. The summed E-state index contributed by atoms with van der Waals surface area (Å²) in [5, 5.41) is 2.67. The summed E-state index contributed by atoms with van der Waals surface area (Å²) in [6.07, 6.45) is 1.55. The second-order valence-corrected chi connectivity index (χ2v) is 6.54. The van der Waals surface area contributed by atoms with Gasteiger partial charge in [0.15, 0.2) is 12.4 Å². The number of halogens is 1. The molecule has 6 nitrogen and oxygen atoms in total. The fourth-order valence-corrected chi connectivity index (χ4v) is 1.88. The number of hydrogen-bond acceptors (Lipinski definition) is 5. The molecule has 0 fully saturated rings. The van der Waals surface area contributed by atoms with Crippen LogP contribution >= 0.6 is 0 Å². The lowest BCUT2D eigenvalue weighted by atomic mass is 9.96. The average molecular weight is 348 g/mol. The third kappa shape index (κ3) is 5.70. The van der Waals surface area contributed by atoms with Crippen LogP contribution in [0.3, 0.4) is 0 Å². The van der Waals surface area contributed by atoms with E-state index in [0.717, 1.165) is 0 Å². The Balaban J connectivity index is 1.77. The molecule has 0 spiro atoms. The summed E-state index contributed by atoms with van der Waals surface area (Å²) in [6, 6.07) is 5.79. The maximum Gasteiger partial charge on any atom is 0.308 e. The van der Waals surface area contributed by atoms with Gasteiger partial charge in [-0.3, -0.25) is 9.59 Å². The van der Waals surface area contributed by atoms with Crippen molar-refractivity contribution in [2.24, 2.45) is 5.41 Å². The Labute approximate surface area is 145 Å². The Bertz CT molecular complexity index is 732. The topological polar surface area (TPSA) is 81.4 Å². The second kappa shape index (κ2) is 7.92. The van der Waals surface area contributed by atoms with E-state index in [-0.39, 0.29) is 37.2 Å². The smallest absolute Gasteiger partial charge is 0.308 e. The van der Waals surface area contributed by atoms with E-state index in [2.05, 4.69) is 10.3 Å². The fourth-order valence-electron chi connectivity index (χ4n) is 1.88. The van der Waals surface area contributed by atoms with Crippen LogP contribution in [-0.2, 0) is 20.9 Å². The van der Waals surface area contributed by atoms with Gasteiger partial charge in [-0.1, -0.05) is 20.8 Å². The van der Waals surface area contributed by atoms with Crippen molar-refractivity contribution < 1.29 is 23.1 Å². The van der Waals surface area contributed by atoms with Crippen molar-refractivity contribution in [3.05, 3.63) is 42.2 Å². The van der Waals surface area contributed by atoms with Crippen molar-refractivity contribution in [1.29, 1.82) is 0 Å². The summed E-state index contributed by atoms with van der Waals surface area (Å²) in [5.74, 6) is -0.224. The van der Waals surface area contributed by atoms with Crippen molar-refractivity contribution in [2.45, 2.75) is 33.8 Å². The van der Waals surface area contributed by atoms with Gasteiger partial charge in [-0.25, -0.2) is 9.37 Å². The van der Waals surface area contributed by atoms with Gasteiger partial charge in [0, 0.05) is 17.5 Å². The molecular formula is C18H21FN2O4. The van der Waals surface area contributed by atoms with E-state index in [1.165, 1.54) is 18.3 Å². The Hall–Kier alpha value is -2.70. The molecule has 1 amide bonds. The van der Waals surface area contributed by atoms with E-state index in [1.54, 1.807) is 32.9 Å². The number of oxazole rings is 1. The number of amides is 1. The van der Waals surface area contributed by atoms with Gasteiger partial charge in [-0.2, -0.15) is 0 Å². The maximum atomic E-state index is 12.9. The highest BCUT2D eigenvalue weighted by Crippen LogP contribution is 2.21. The zero-order chi connectivity index (χ0) is 18.4. The summed E-state index contributed by atoms with van der Waals surface area (Å²) < 4.78 is 23.4. The molecule has 0 saturated carbocycles. The molecule has 1 aromatic carbocycles. The van der Waals surface area contributed by atoms with E-state index in [1.807, 2.05) is 0 Å². The van der Waals surface area contributed by atoms with E-state index in [0.29, 0.717) is 11.3 Å². The molecule has 1 aromatic heterocycles. The number of hydrogen-bond donors (Lipinski definition) is 1. The monoisotopic (exact) mass is 348 g/mol. The SMILES string of the molecule is CC(C)(C)C(=O)NCCC(=O)OCc1ncc(-c2ccc(F)cc2)o1. The van der Waals surface area contributed by atoms with Crippen LogP contribution in [0.2, 0.25) is 0 Å². The summed E-state index contributed by atoms with van der Waals surface area (Å²) in [7, 11) is 0. The minimum atomic E-state index is -0.501. The Morgan fingerprint density at radius 2 is 1.92 bits per heavy atom. The molecule has 1 heterocycles. The molecule has 0 saturated heterocycles. The Morgan fingerprint density at radius 1 is 1.24 bits per heavy atom. The minimum Gasteiger partial charge on any atom is -0.456 e. The van der Waals surface area contributed by atoms with Crippen molar-refractivity contribution in [3.63, 3.8) is 0 Å². The normalized spacial score (nSPS) is 11.2. The van der Waals surface area contributed by atoms with Crippen LogP contribution in [0, 0.1) is 11.2 Å². The van der Waals surface area contributed by atoms with Crippen LogP contribution in [-0.4, -0.2) is 23.4 Å². The molecule has 2 rings (SSSR count). The van der Waals surface area contributed by atoms with Crippen LogP contribution in [0.15, 0.2) is 34.9 Å². The Kier molecular flexibility index (Phi) is 5.90. The second-order valence-electron chi connectivity index (χ2n) is 6.54. The largest absolute Gasteiger partial charge is 0.456 e. The highest BCUT2D eigenvalue weighted by Gasteiger charge is 2.20. The van der Waals surface area contributed by atoms with Crippen LogP contribution in [0.5, 0.6) is 0 Å². The molecule has 0 aliphatic heterocycles. The van der Waals surface area contributed by atoms with Gasteiger partial charge in [-0.05, 0) is 24.3 Å². The lowest BCUT2D eigenvalue weighted by molar-refractivity contribution is -0.145. The zero-order valence-corrected chi connectivity index (χ0v) is 14.5. The number of carbonyl (C=O) groups excluding carboxylic acids is 2. The summed E-state index contributed by atoms with van der Waals surface area (Å²) >= 11 is 0. The zero-order valence-electron chi connectivity index (χ0n) is 14.5. The molecule has 0 aliphatic carbocycles. The maximum absolute atomic E-state index is 12.9. The van der Waals surface area contributed by atoms with E-state index >= 15 is 0 Å². The number of nitrogens with one attached hydrogen (secondary N) is 1. The molecule has 134 valence electrons.